The van der Waals surface area contributed by atoms with Crippen molar-refractivity contribution >= 4 is 40.4 Å². The van der Waals surface area contributed by atoms with Crippen LogP contribution in [0.15, 0.2) is 18.2 Å². The summed E-state index contributed by atoms with van der Waals surface area (Å²) in [4.78, 5) is 36.3. The second kappa shape index (κ2) is 5.78. The monoisotopic (exact) mass is 388 g/mol. The molecule has 2 N–H and O–H groups in total. The van der Waals surface area contributed by atoms with Crippen LogP contribution in [0.1, 0.15) is 15.9 Å². The summed E-state index contributed by atoms with van der Waals surface area (Å²) >= 11 is 2.05. The third kappa shape index (κ3) is 2.77. The predicted octanol–water partition coefficient (Wildman–Crippen LogP) is 0.625. The fourth-order valence-electron chi connectivity index (χ4n) is 2.04. The van der Waals surface area contributed by atoms with E-state index < -0.39 is 17.9 Å². The number of aryl methyl sites for hydroxylation is 1. The van der Waals surface area contributed by atoms with Crippen LogP contribution in [0.2, 0.25) is 0 Å². The molecule has 1 unspecified atom stereocenters. The van der Waals surface area contributed by atoms with E-state index in [2.05, 4.69) is 27.9 Å². The third-order valence-corrected chi connectivity index (χ3v) is 4.58. The van der Waals surface area contributed by atoms with Crippen molar-refractivity contribution in [1.82, 2.24) is 10.2 Å². The Labute approximate surface area is 129 Å². The lowest BCUT2D eigenvalue weighted by atomic mass is 10.1. The van der Waals surface area contributed by atoms with Crippen LogP contribution in [0, 0.1) is 10.5 Å². The second-order valence-electron chi connectivity index (χ2n) is 4.53. The predicted molar refractivity (Wildman–Crippen MR) is 79.4 cm³/mol. The van der Waals surface area contributed by atoms with Crippen molar-refractivity contribution < 1.29 is 19.5 Å². The number of carbonyl (C=O) groups is 3. The molecule has 0 aromatic heterocycles. The number of amides is 2. The van der Waals surface area contributed by atoms with Gasteiger partial charge < -0.3 is 15.3 Å². The first-order valence-electron chi connectivity index (χ1n) is 5.97. The highest BCUT2D eigenvalue weighted by atomic mass is 127. The van der Waals surface area contributed by atoms with E-state index in [1.54, 1.807) is 12.1 Å². The van der Waals surface area contributed by atoms with Gasteiger partial charge in [0.25, 0.3) is 5.91 Å². The fourth-order valence-corrected chi connectivity index (χ4v) is 2.63. The number of carboxylic acid groups (broad SMARTS) is 1. The van der Waals surface area contributed by atoms with Crippen LogP contribution < -0.4 is 5.32 Å². The number of hydrogen-bond acceptors (Lipinski definition) is 3. The van der Waals surface area contributed by atoms with Crippen LogP contribution in [0.3, 0.4) is 0 Å². The van der Waals surface area contributed by atoms with Gasteiger partial charge in [-0.25, -0.2) is 4.79 Å². The van der Waals surface area contributed by atoms with Crippen LogP contribution in [0.25, 0.3) is 0 Å². The Bertz CT molecular complexity index is 588. The van der Waals surface area contributed by atoms with Crippen LogP contribution in [-0.2, 0) is 9.59 Å². The molecule has 2 amide bonds. The van der Waals surface area contributed by atoms with Crippen molar-refractivity contribution in [3.8, 4) is 0 Å². The third-order valence-electron chi connectivity index (χ3n) is 3.15. The second-order valence-corrected chi connectivity index (χ2v) is 5.61. The highest BCUT2D eigenvalue weighted by Gasteiger charge is 2.36. The molecule has 0 bridgehead atoms. The molecule has 6 nitrogen and oxygen atoms in total. The number of rotatable bonds is 2. The summed E-state index contributed by atoms with van der Waals surface area (Å²) in [5, 5.41) is 11.6. The van der Waals surface area contributed by atoms with Crippen molar-refractivity contribution in [3.05, 3.63) is 32.9 Å². The molecule has 1 aliphatic rings. The van der Waals surface area contributed by atoms with E-state index in [0.717, 1.165) is 14.0 Å². The Hall–Kier alpha value is -1.64. The average Bonchev–Trinajstić information content (AvgIpc) is 2.40. The minimum atomic E-state index is -1.12. The lowest BCUT2D eigenvalue weighted by molar-refractivity contribution is -0.144. The number of aliphatic carboxylic acids is 1. The standard InChI is InChI=1S/C13H13IN2O4/c1-7-3-2-4-8(11(7)14)12(18)16-6-10(17)15-5-9(16)13(19)20/h2-4,9H,5-6H2,1H3,(H,15,17)(H,19,20). The summed E-state index contributed by atoms with van der Waals surface area (Å²) in [5.41, 5.74) is 1.36. The summed E-state index contributed by atoms with van der Waals surface area (Å²) in [6, 6.07) is 4.22. The van der Waals surface area contributed by atoms with E-state index in [4.69, 9.17) is 5.11 Å². The molecule has 1 saturated heterocycles. The Balaban J connectivity index is 2.36. The number of carbonyl (C=O) groups excluding carboxylic acids is 2. The van der Waals surface area contributed by atoms with Crippen molar-refractivity contribution in [2.24, 2.45) is 0 Å². The van der Waals surface area contributed by atoms with Gasteiger partial charge in [0.05, 0.1) is 5.56 Å². The molecule has 1 fully saturated rings. The van der Waals surface area contributed by atoms with Crippen molar-refractivity contribution in [2.75, 3.05) is 13.1 Å². The lowest BCUT2D eigenvalue weighted by Crippen LogP contribution is -2.59. The van der Waals surface area contributed by atoms with Crippen molar-refractivity contribution in [1.29, 1.82) is 0 Å². The molecule has 1 aromatic rings. The van der Waals surface area contributed by atoms with Gasteiger partial charge >= 0.3 is 5.97 Å². The summed E-state index contributed by atoms with van der Waals surface area (Å²) in [7, 11) is 0. The van der Waals surface area contributed by atoms with E-state index in [1.165, 1.54) is 0 Å². The number of nitrogens with one attached hydrogen (secondary N) is 1. The minimum Gasteiger partial charge on any atom is -0.480 e. The van der Waals surface area contributed by atoms with Crippen molar-refractivity contribution in [3.63, 3.8) is 0 Å². The van der Waals surface area contributed by atoms with Crippen LogP contribution in [0.4, 0.5) is 0 Å². The van der Waals surface area contributed by atoms with E-state index in [0.29, 0.717) is 5.56 Å². The van der Waals surface area contributed by atoms with E-state index in [-0.39, 0.29) is 19.0 Å². The average molecular weight is 388 g/mol. The number of carboxylic acids is 1. The molecule has 7 heteroatoms. The molecule has 0 spiro atoms. The van der Waals surface area contributed by atoms with E-state index >= 15 is 0 Å². The summed E-state index contributed by atoms with van der Waals surface area (Å²) < 4.78 is 0.769. The zero-order valence-electron chi connectivity index (χ0n) is 10.7. The zero-order valence-corrected chi connectivity index (χ0v) is 12.9. The smallest absolute Gasteiger partial charge is 0.328 e. The largest absolute Gasteiger partial charge is 0.480 e. The molecule has 1 aromatic carbocycles. The van der Waals surface area contributed by atoms with Gasteiger partial charge in [-0.1, -0.05) is 12.1 Å². The van der Waals surface area contributed by atoms with E-state index in [1.807, 2.05) is 13.0 Å². The van der Waals surface area contributed by atoms with Gasteiger partial charge in [-0.2, -0.15) is 0 Å². The highest BCUT2D eigenvalue weighted by molar-refractivity contribution is 14.1. The summed E-state index contributed by atoms with van der Waals surface area (Å²) in [6.45, 7) is 1.57. The normalized spacial score (nSPS) is 18.6. The van der Waals surface area contributed by atoms with Crippen LogP contribution in [0.5, 0.6) is 0 Å². The molecular formula is C13H13IN2O4. The Morgan fingerprint density at radius 1 is 1.45 bits per heavy atom. The maximum Gasteiger partial charge on any atom is 0.328 e. The molecular weight excluding hydrogens is 375 g/mol. The first-order chi connectivity index (χ1) is 9.41. The Morgan fingerprint density at radius 3 is 2.80 bits per heavy atom. The minimum absolute atomic E-state index is 0.0672. The number of piperazine rings is 1. The molecule has 2 rings (SSSR count). The maximum atomic E-state index is 12.5. The van der Waals surface area contributed by atoms with E-state index in [9.17, 15) is 14.4 Å². The van der Waals surface area contributed by atoms with Gasteiger partial charge in [0.15, 0.2) is 0 Å². The molecule has 0 saturated carbocycles. The van der Waals surface area contributed by atoms with Gasteiger partial charge in [0.2, 0.25) is 5.91 Å². The van der Waals surface area contributed by atoms with Gasteiger partial charge in [-0.15, -0.1) is 0 Å². The Morgan fingerprint density at radius 2 is 2.15 bits per heavy atom. The lowest BCUT2D eigenvalue weighted by Gasteiger charge is -2.33. The number of nitrogens with zero attached hydrogens (tertiary/aromatic N) is 1. The summed E-state index contributed by atoms with van der Waals surface area (Å²) in [5.74, 6) is -1.90. The summed E-state index contributed by atoms with van der Waals surface area (Å²) in [6.07, 6.45) is 0. The van der Waals surface area contributed by atoms with Gasteiger partial charge in [-0.05, 0) is 41.1 Å². The number of halogens is 1. The topological polar surface area (TPSA) is 86.7 Å². The molecule has 0 radical (unpaired) electrons. The molecule has 1 atom stereocenters. The fraction of sp³-hybridized carbons (Fsp3) is 0.308. The molecule has 1 aliphatic heterocycles. The highest BCUT2D eigenvalue weighted by Crippen LogP contribution is 2.20. The van der Waals surface area contributed by atoms with Crippen LogP contribution in [-0.4, -0.2) is 46.9 Å². The van der Waals surface area contributed by atoms with Gasteiger partial charge in [0, 0.05) is 10.1 Å². The van der Waals surface area contributed by atoms with Crippen LogP contribution >= 0.6 is 22.6 Å². The first kappa shape index (κ1) is 14.8. The number of hydrogen-bond donors (Lipinski definition) is 2. The molecule has 106 valence electrons. The molecule has 20 heavy (non-hydrogen) atoms. The van der Waals surface area contributed by atoms with Crippen molar-refractivity contribution in [2.45, 2.75) is 13.0 Å². The van der Waals surface area contributed by atoms with Gasteiger partial charge in [-0.3, -0.25) is 9.59 Å². The zero-order chi connectivity index (χ0) is 14.9. The quantitative estimate of drug-likeness (QED) is 0.728. The molecule has 0 aliphatic carbocycles. The number of benzene rings is 1. The maximum absolute atomic E-state index is 12.5. The first-order valence-corrected chi connectivity index (χ1v) is 7.05. The SMILES string of the molecule is Cc1cccc(C(=O)N2CC(=O)NCC2C(=O)O)c1I. The van der Waals surface area contributed by atoms with Gasteiger partial charge in [0.1, 0.15) is 12.6 Å². The Kier molecular flexibility index (Phi) is 4.26. The molecule has 1 heterocycles.